The van der Waals surface area contributed by atoms with Crippen LogP contribution in [0.3, 0.4) is 0 Å². The molecule has 6 heteroatoms. The normalized spacial score (nSPS) is 18.3. The highest BCUT2D eigenvalue weighted by atomic mass is 19.4. The number of likely N-dealkylation sites (tertiary alicyclic amines) is 1. The molecule has 0 aromatic heterocycles. The summed E-state index contributed by atoms with van der Waals surface area (Å²) in [6.07, 6.45) is -2.14. The molecule has 0 amide bonds. The highest BCUT2D eigenvalue weighted by Crippen LogP contribution is 2.37. The van der Waals surface area contributed by atoms with Gasteiger partial charge in [0, 0.05) is 19.0 Å². The average molecular weight is 368 g/mol. The zero-order chi connectivity index (χ0) is 19.2. The van der Waals surface area contributed by atoms with E-state index in [0.29, 0.717) is 11.5 Å². The minimum atomic E-state index is -4.24. The lowest BCUT2D eigenvalue weighted by molar-refractivity contribution is -0.132. The summed E-state index contributed by atoms with van der Waals surface area (Å²) in [4.78, 5) is 2.40. The second-order valence-electron chi connectivity index (χ2n) is 7.44. The quantitative estimate of drug-likeness (QED) is 0.471. The number of nitrogens with zero attached hydrogens (tertiary/aromatic N) is 1. The molecule has 1 fully saturated rings. The maximum absolute atomic E-state index is 13.3. The Bertz CT molecular complexity index is 525. The Hall–Kier alpha value is -1.01. The van der Waals surface area contributed by atoms with Crippen LogP contribution in [0, 0.1) is 0 Å². The van der Waals surface area contributed by atoms with Crippen LogP contribution in [0.4, 0.5) is 13.2 Å². The first-order valence-electron chi connectivity index (χ1n) is 9.63. The molecule has 0 saturated carbocycles. The fourth-order valence-electron chi connectivity index (χ4n) is 3.60. The van der Waals surface area contributed by atoms with Crippen LogP contribution in [-0.4, -0.2) is 51.2 Å². The Morgan fingerprint density at radius 1 is 1.15 bits per heavy atom. The molecule has 145 valence electrons. The van der Waals surface area contributed by atoms with Gasteiger partial charge in [-0.05, 0) is 49.9 Å². The van der Waals surface area contributed by atoms with E-state index in [4.69, 9.17) is 4.74 Å². The molecule has 0 bridgehead atoms. The summed E-state index contributed by atoms with van der Waals surface area (Å²) < 4.78 is 45.4. The molecule has 0 aliphatic carbocycles. The van der Waals surface area contributed by atoms with Gasteiger partial charge >= 0.3 is 6.18 Å². The van der Waals surface area contributed by atoms with E-state index in [-0.39, 0.29) is 5.82 Å². The van der Waals surface area contributed by atoms with Crippen LogP contribution in [0.2, 0.25) is 5.82 Å². The zero-order valence-electron chi connectivity index (χ0n) is 16.1. The van der Waals surface area contributed by atoms with Crippen molar-refractivity contribution in [2.45, 2.75) is 57.3 Å². The van der Waals surface area contributed by atoms with Gasteiger partial charge in [-0.15, -0.1) is 0 Å². The monoisotopic (exact) mass is 368 g/mol. The van der Waals surface area contributed by atoms with Gasteiger partial charge in [0.05, 0.1) is 6.61 Å². The van der Waals surface area contributed by atoms with Crippen molar-refractivity contribution in [2.75, 3.05) is 32.8 Å². The molecule has 0 spiro atoms. The third kappa shape index (κ3) is 6.31. The lowest BCUT2D eigenvalue weighted by Crippen LogP contribution is -2.35. The van der Waals surface area contributed by atoms with Gasteiger partial charge in [-0.2, -0.15) is 13.2 Å². The van der Waals surface area contributed by atoms with Crippen molar-refractivity contribution in [3.8, 4) is 0 Å². The molecule has 1 heterocycles. The first kappa shape index (κ1) is 21.3. The summed E-state index contributed by atoms with van der Waals surface area (Å²) in [6.45, 7) is 10.1. The molecule has 1 atom stereocenters. The van der Waals surface area contributed by atoms with Gasteiger partial charge in [0.15, 0.2) is 0 Å². The van der Waals surface area contributed by atoms with Gasteiger partial charge in [-0.3, -0.25) is 0 Å². The van der Waals surface area contributed by atoms with E-state index in [1.807, 2.05) is 19.1 Å². The van der Waals surface area contributed by atoms with Gasteiger partial charge < -0.3 is 9.64 Å². The van der Waals surface area contributed by atoms with Crippen molar-refractivity contribution < 1.29 is 17.9 Å². The van der Waals surface area contributed by atoms with E-state index in [0.717, 1.165) is 51.3 Å². The molecular formula is C20H30BF3NO. The van der Waals surface area contributed by atoms with Crippen molar-refractivity contribution in [1.29, 1.82) is 0 Å². The smallest absolute Gasteiger partial charge is 0.380 e. The summed E-state index contributed by atoms with van der Waals surface area (Å²) in [5.74, 6) is -1.16. The summed E-state index contributed by atoms with van der Waals surface area (Å²) in [6, 6.07) is 7.10. The largest absolute Gasteiger partial charge is 0.388 e. The van der Waals surface area contributed by atoms with Gasteiger partial charge in [-0.1, -0.05) is 43.9 Å². The molecule has 1 aromatic carbocycles. The third-order valence-electron chi connectivity index (χ3n) is 5.04. The Labute approximate surface area is 156 Å². The molecule has 26 heavy (non-hydrogen) atoms. The van der Waals surface area contributed by atoms with E-state index >= 15 is 0 Å². The zero-order valence-corrected chi connectivity index (χ0v) is 16.1. The topological polar surface area (TPSA) is 12.5 Å². The standard InChI is InChI=1S/C20H30BF3NO/c1-4-26-14-13-25-11-9-17(10-12-25)16-5-7-18(8-6-16)19(20(22,23)24)21-15(2)3/h5-8,15,17,19H,4,9-14H2,1-3H3. The maximum atomic E-state index is 13.3. The van der Waals surface area contributed by atoms with Crippen molar-refractivity contribution in [2.24, 2.45) is 0 Å². The summed E-state index contributed by atoms with van der Waals surface area (Å²) in [7, 11) is 1.38. The lowest BCUT2D eigenvalue weighted by Gasteiger charge is -2.32. The number of hydrogen-bond acceptors (Lipinski definition) is 2. The number of alkyl halides is 3. The highest BCUT2D eigenvalue weighted by Gasteiger charge is 2.41. The number of halogens is 3. The van der Waals surface area contributed by atoms with Gasteiger partial charge in [0.1, 0.15) is 7.28 Å². The number of benzene rings is 1. The molecule has 1 radical (unpaired) electrons. The fraction of sp³-hybridized carbons (Fsp3) is 0.700. The van der Waals surface area contributed by atoms with Crippen molar-refractivity contribution in [3.63, 3.8) is 0 Å². The summed E-state index contributed by atoms with van der Waals surface area (Å²) in [5, 5.41) is 0. The molecular weight excluding hydrogens is 338 g/mol. The van der Waals surface area contributed by atoms with Crippen molar-refractivity contribution in [3.05, 3.63) is 35.4 Å². The average Bonchev–Trinajstić information content (AvgIpc) is 2.60. The van der Waals surface area contributed by atoms with Gasteiger partial charge in [-0.25, -0.2) is 0 Å². The first-order valence-corrected chi connectivity index (χ1v) is 9.63. The van der Waals surface area contributed by atoms with Crippen LogP contribution < -0.4 is 0 Å². The van der Waals surface area contributed by atoms with E-state index < -0.39 is 12.0 Å². The number of hydrogen-bond donors (Lipinski definition) is 0. The SMILES string of the molecule is CCOCCN1CCC(c2ccc(C([B]C(C)C)C(F)(F)F)cc2)CC1. The minimum absolute atomic E-state index is 0.109. The predicted molar refractivity (Wildman–Crippen MR) is 101 cm³/mol. The second kappa shape index (κ2) is 9.79. The Balaban J connectivity index is 1.95. The first-order chi connectivity index (χ1) is 12.3. The lowest BCUT2D eigenvalue weighted by atomic mass is 9.53. The number of rotatable bonds is 8. The molecule has 1 aromatic rings. The number of piperidine rings is 1. The van der Waals surface area contributed by atoms with Crippen molar-refractivity contribution >= 4 is 7.28 Å². The third-order valence-corrected chi connectivity index (χ3v) is 5.04. The van der Waals surface area contributed by atoms with E-state index in [2.05, 4.69) is 4.90 Å². The molecule has 1 unspecified atom stereocenters. The second-order valence-corrected chi connectivity index (χ2v) is 7.44. The highest BCUT2D eigenvalue weighted by molar-refractivity contribution is 6.40. The van der Waals surface area contributed by atoms with E-state index in [1.54, 1.807) is 26.0 Å². The van der Waals surface area contributed by atoms with Crippen molar-refractivity contribution in [1.82, 2.24) is 4.90 Å². The maximum Gasteiger partial charge on any atom is 0.388 e. The molecule has 1 aliphatic rings. The summed E-state index contributed by atoms with van der Waals surface area (Å²) in [5.41, 5.74) is 1.49. The predicted octanol–water partition coefficient (Wildman–Crippen LogP) is 5.04. The Morgan fingerprint density at radius 2 is 1.77 bits per heavy atom. The molecule has 2 rings (SSSR count). The molecule has 1 aliphatic heterocycles. The van der Waals surface area contributed by atoms with Crippen LogP contribution >= 0.6 is 0 Å². The molecule has 0 N–H and O–H groups in total. The van der Waals surface area contributed by atoms with Crippen LogP contribution in [0.1, 0.15) is 56.5 Å². The Morgan fingerprint density at radius 3 is 2.27 bits per heavy atom. The van der Waals surface area contributed by atoms with Crippen LogP contribution in [0.5, 0.6) is 0 Å². The van der Waals surface area contributed by atoms with Crippen LogP contribution in [0.25, 0.3) is 0 Å². The molecule has 2 nitrogen and oxygen atoms in total. The minimum Gasteiger partial charge on any atom is -0.380 e. The van der Waals surface area contributed by atoms with E-state index in [9.17, 15) is 13.2 Å². The summed E-state index contributed by atoms with van der Waals surface area (Å²) >= 11 is 0. The Kier molecular flexibility index (Phi) is 8.02. The fourth-order valence-corrected chi connectivity index (χ4v) is 3.60. The molecule has 1 saturated heterocycles. The van der Waals surface area contributed by atoms with Gasteiger partial charge in [0.2, 0.25) is 0 Å². The van der Waals surface area contributed by atoms with Crippen LogP contribution in [0.15, 0.2) is 24.3 Å². The van der Waals surface area contributed by atoms with E-state index in [1.165, 1.54) is 7.28 Å². The van der Waals surface area contributed by atoms with Gasteiger partial charge in [0.25, 0.3) is 0 Å². The number of ether oxygens (including phenoxy) is 1. The van der Waals surface area contributed by atoms with Crippen LogP contribution in [-0.2, 0) is 4.74 Å².